The van der Waals surface area contributed by atoms with E-state index in [1.54, 1.807) is 6.07 Å². The molecule has 2 aromatic carbocycles. The highest BCUT2D eigenvalue weighted by Gasteiger charge is 2.26. The number of rotatable bonds is 7. The number of aromatic nitrogens is 1. The molecule has 1 N–H and O–H groups in total. The molecule has 2 heterocycles. The molecule has 180 valence electrons. The molecule has 7 nitrogen and oxygen atoms in total. The lowest BCUT2D eigenvalue weighted by molar-refractivity contribution is -0.115. The molecule has 0 aliphatic carbocycles. The average molecular weight is 500 g/mol. The van der Waals surface area contributed by atoms with Crippen molar-refractivity contribution >= 4 is 33.0 Å². The van der Waals surface area contributed by atoms with Gasteiger partial charge in [0.25, 0.3) is 0 Å². The highest BCUT2D eigenvalue weighted by atomic mass is 32.2. The smallest absolute Gasteiger partial charge is 0.243 e. The SMILES string of the molecule is COc1ccc(S(=O)(=O)N2CCCCCC2)cc1NC(=O)Cc1csc(-c2ccc(C)cc2)n1. The number of hydrogen-bond acceptors (Lipinski definition) is 6. The molecule has 34 heavy (non-hydrogen) atoms. The molecule has 0 spiro atoms. The van der Waals surface area contributed by atoms with Crippen LogP contribution in [0, 0.1) is 6.92 Å². The minimum atomic E-state index is -3.64. The van der Waals surface area contributed by atoms with E-state index in [2.05, 4.69) is 10.3 Å². The zero-order chi connectivity index (χ0) is 24.1. The number of aryl methyl sites for hydroxylation is 1. The Balaban J connectivity index is 1.49. The van der Waals surface area contributed by atoms with Gasteiger partial charge in [0.15, 0.2) is 0 Å². The number of amides is 1. The maximum absolute atomic E-state index is 13.2. The first-order valence-corrected chi connectivity index (χ1v) is 13.7. The third kappa shape index (κ3) is 5.65. The molecule has 1 aliphatic heterocycles. The summed E-state index contributed by atoms with van der Waals surface area (Å²) in [5, 5.41) is 5.53. The third-order valence-corrected chi connectivity index (χ3v) is 8.67. The van der Waals surface area contributed by atoms with Crippen molar-refractivity contribution in [2.24, 2.45) is 0 Å². The third-order valence-electron chi connectivity index (χ3n) is 5.84. The van der Waals surface area contributed by atoms with Crippen LogP contribution in [0.3, 0.4) is 0 Å². The summed E-state index contributed by atoms with van der Waals surface area (Å²) in [6, 6.07) is 12.7. The summed E-state index contributed by atoms with van der Waals surface area (Å²) in [5.41, 5.74) is 3.17. The van der Waals surface area contributed by atoms with E-state index in [1.165, 1.54) is 40.4 Å². The number of anilines is 1. The maximum Gasteiger partial charge on any atom is 0.243 e. The minimum absolute atomic E-state index is 0.0780. The molecule has 1 aromatic heterocycles. The van der Waals surface area contributed by atoms with E-state index >= 15 is 0 Å². The topological polar surface area (TPSA) is 88.6 Å². The van der Waals surface area contributed by atoms with Crippen LogP contribution in [0.5, 0.6) is 5.75 Å². The Kier molecular flexibility index (Phi) is 7.65. The molecular weight excluding hydrogens is 470 g/mol. The van der Waals surface area contributed by atoms with E-state index in [9.17, 15) is 13.2 Å². The molecule has 4 rings (SSSR count). The Morgan fingerprint density at radius 3 is 2.47 bits per heavy atom. The van der Waals surface area contributed by atoms with Crippen molar-refractivity contribution in [3.8, 4) is 16.3 Å². The first-order valence-electron chi connectivity index (χ1n) is 11.4. The van der Waals surface area contributed by atoms with Gasteiger partial charge in [-0.3, -0.25) is 4.79 Å². The summed E-state index contributed by atoms with van der Waals surface area (Å²) in [4.78, 5) is 17.5. The van der Waals surface area contributed by atoms with Crippen LogP contribution in [0.2, 0.25) is 0 Å². The summed E-state index contributed by atoms with van der Waals surface area (Å²) < 4.78 is 33.3. The molecule has 1 aliphatic rings. The number of methoxy groups -OCH3 is 1. The van der Waals surface area contributed by atoms with E-state index in [0.717, 1.165) is 36.3 Å². The van der Waals surface area contributed by atoms with Crippen LogP contribution in [0.4, 0.5) is 5.69 Å². The van der Waals surface area contributed by atoms with Crippen molar-refractivity contribution in [1.29, 1.82) is 0 Å². The first-order chi connectivity index (χ1) is 16.4. The lowest BCUT2D eigenvalue weighted by atomic mass is 10.2. The van der Waals surface area contributed by atoms with E-state index in [1.807, 2.05) is 36.6 Å². The molecule has 0 bridgehead atoms. The number of hydrogen-bond donors (Lipinski definition) is 1. The molecule has 3 aromatic rings. The lowest BCUT2D eigenvalue weighted by Crippen LogP contribution is -2.32. The normalized spacial score (nSPS) is 15.0. The van der Waals surface area contributed by atoms with Crippen LogP contribution >= 0.6 is 11.3 Å². The van der Waals surface area contributed by atoms with Crippen molar-refractivity contribution in [2.45, 2.75) is 43.9 Å². The number of carbonyl (C=O) groups excluding carboxylic acids is 1. The van der Waals surface area contributed by atoms with Crippen molar-refractivity contribution in [3.05, 3.63) is 59.1 Å². The summed E-state index contributed by atoms with van der Waals surface area (Å²) in [6.45, 7) is 3.07. The van der Waals surface area contributed by atoms with Crippen molar-refractivity contribution in [1.82, 2.24) is 9.29 Å². The second kappa shape index (κ2) is 10.7. The van der Waals surface area contributed by atoms with Crippen LogP contribution in [-0.4, -0.2) is 43.8 Å². The molecule has 0 radical (unpaired) electrons. The average Bonchev–Trinajstić information content (AvgIpc) is 3.10. The van der Waals surface area contributed by atoms with Gasteiger partial charge in [-0.25, -0.2) is 13.4 Å². The molecule has 9 heteroatoms. The van der Waals surface area contributed by atoms with Crippen molar-refractivity contribution in [3.63, 3.8) is 0 Å². The fourth-order valence-corrected chi connectivity index (χ4v) is 6.32. The fourth-order valence-electron chi connectivity index (χ4n) is 3.95. The minimum Gasteiger partial charge on any atom is -0.495 e. The van der Waals surface area contributed by atoms with Crippen LogP contribution in [0.15, 0.2) is 52.7 Å². The predicted molar refractivity (Wildman–Crippen MR) is 135 cm³/mol. The van der Waals surface area contributed by atoms with Crippen molar-refractivity contribution in [2.75, 3.05) is 25.5 Å². The van der Waals surface area contributed by atoms with E-state index in [-0.39, 0.29) is 17.2 Å². The van der Waals surface area contributed by atoms with Crippen LogP contribution < -0.4 is 10.1 Å². The molecule has 0 unspecified atom stereocenters. The first kappa shape index (κ1) is 24.4. The van der Waals surface area contributed by atoms with Crippen LogP contribution in [0.1, 0.15) is 36.9 Å². The van der Waals surface area contributed by atoms with Crippen LogP contribution in [0.25, 0.3) is 10.6 Å². The number of thiazole rings is 1. The van der Waals surface area contributed by atoms with Gasteiger partial charge in [-0.2, -0.15) is 4.31 Å². The van der Waals surface area contributed by atoms with Gasteiger partial charge in [0.2, 0.25) is 15.9 Å². The second-order valence-corrected chi connectivity index (χ2v) is 11.2. The van der Waals surface area contributed by atoms with Gasteiger partial charge in [-0.05, 0) is 38.0 Å². The number of nitrogens with one attached hydrogen (secondary N) is 1. The van der Waals surface area contributed by atoms with Gasteiger partial charge in [0, 0.05) is 24.0 Å². The van der Waals surface area contributed by atoms with Gasteiger partial charge in [0.1, 0.15) is 10.8 Å². The van der Waals surface area contributed by atoms with Crippen LogP contribution in [-0.2, 0) is 21.2 Å². The monoisotopic (exact) mass is 499 g/mol. The molecule has 0 saturated carbocycles. The Morgan fingerprint density at radius 1 is 1.09 bits per heavy atom. The summed E-state index contributed by atoms with van der Waals surface area (Å²) in [7, 11) is -2.15. The fraction of sp³-hybridized carbons (Fsp3) is 0.360. The Hall–Kier alpha value is -2.75. The lowest BCUT2D eigenvalue weighted by Gasteiger charge is -2.21. The molecule has 1 amide bonds. The quantitative estimate of drug-likeness (QED) is 0.501. The number of benzene rings is 2. The molecule has 1 fully saturated rings. The molecular formula is C25H29N3O4S2. The highest BCUT2D eigenvalue weighted by molar-refractivity contribution is 7.89. The summed E-state index contributed by atoms with van der Waals surface area (Å²) in [5.74, 6) is 0.116. The predicted octanol–water partition coefficient (Wildman–Crippen LogP) is 4.87. The van der Waals surface area contributed by atoms with Crippen molar-refractivity contribution < 1.29 is 17.9 Å². The molecule has 1 saturated heterocycles. The van der Waals surface area contributed by atoms with E-state index < -0.39 is 10.0 Å². The highest BCUT2D eigenvalue weighted by Crippen LogP contribution is 2.30. The largest absolute Gasteiger partial charge is 0.495 e. The summed E-state index contributed by atoms with van der Waals surface area (Å²) >= 11 is 1.49. The zero-order valence-corrected chi connectivity index (χ0v) is 21.0. The van der Waals surface area contributed by atoms with Gasteiger partial charge >= 0.3 is 0 Å². The second-order valence-electron chi connectivity index (χ2n) is 8.42. The van der Waals surface area contributed by atoms with Gasteiger partial charge < -0.3 is 10.1 Å². The number of nitrogens with zero attached hydrogens (tertiary/aromatic N) is 2. The maximum atomic E-state index is 13.2. The van der Waals surface area contributed by atoms with E-state index in [0.29, 0.717) is 30.2 Å². The Morgan fingerprint density at radius 2 is 1.79 bits per heavy atom. The Labute approximate surface area is 204 Å². The zero-order valence-electron chi connectivity index (χ0n) is 19.4. The van der Waals surface area contributed by atoms with Gasteiger partial charge in [0.05, 0.1) is 29.8 Å². The summed E-state index contributed by atoms with van der Waals surface area (Å²) in [6.07, 6.45) is 3.87. The Bertz CT molecular complexity index is 1250. The van der Waals surface area contributed by atoms with Gasteiger partial charge in [-0.1, -0.05) is 42.7 Å². The number of ether oxygens (including phenoxy) is 1. The van der Waals surface area contributed by atoms with E-state index in [4.69, 9.17) is 4.74 Å². The number of sulfonamides is 1. The molecule has 0 atom stereocenters. The number of carbonyl (C=O) groups is 1. The standard InChI is InChI=1S/C25H29N3O4S2/c1-18-7-9-19(10-8-18)25-26-20(17-33-25)15-24(29)27-22-16-21(11-12-23(22)32-2)34(30,31)28-13-5-3-4-6-14-28/h7-12,16-17H,3-6,13-15H2,1-2H3,(H,27,29). The van der Waals surface area contributed by atoms with Gasteiger partial charge in [-0.15, -0.1) is 11.3 Å².